The lowest BCUT2D eigenvalue weighted by Crippen LogP contribution is -2.09. The number of ether oxygens (including phenoxy) is 1. The quantitative estimate of drug-likeness (QED) is 0.908. The van der Waals surface area contributed by atoms with Gasteiger partial charge in [-0.15, -0.1) is 0 Å². The first kappa shape index (κ1) is 13.6. The Bertz CT molecular complexity index is 552. The summed E-state index contributed by atoms with van der Waals surface area (Å²) in [5, 5.41) is 0. The van der Waals surface area contributed by atoms with Gasteiger partial charge in [0.15, 0.2) is 0 Å². The van der Waals surface area contributed by atoms with Gasteiger partial charge in [0.2, 0.25) is 0 Å². The molecule has 0 amide bonds. The van der Waals surface area contributed by atoms with Crippen molar-refractivity contribution in [3.8, 4) is 5.75 Å². The van der Waals surface area contributed by atoms with Crippen molar-refractivity contribution in [2.75, 3.05) is 0 Å². The molecule has 0 aliphatic carbocycles. The first-order chi connectivity index (χ1) is 9.08. The molecular formula is C16H18FNO. The number of hydrogen-bond acceptors (Lipinski definition) is 2. The van der Waals surface area contributed by atoms with Crippen LogP contribution in [0, 0.1) is 12.7 Å². The third kappa shape index (κ3) is 3.32. The smallest absolute Gasteiger partial charge is 0.126 e. The molecule has 0 heterocycles. The number of benzene rings is 2. The highest BCUT2D eigenvalue weighted by Gasteiger charge is 2.12. The molecule has 0 aromatic heterocycles. The van der Waals surface area contributed by atoms with Gasteiger partial charge in [0, 0.05) is 11.6 Å². The van der Waals surface area contributed by atoms with Gasteiger partial charge in [-0.2, -0.15) is 0 Å². The second kappa shape index (κ2) is 5.85. The van der Waals surface area contributed by atoms with Crippen molar-refractivity contribution < 1.29 is 9.13 Å². The minimum Gasteiger partial charge on any atom is -0.489 e. The van der Waals surface area contributed by atoms with Crippen molar-refractivity contribution in [3.63, 3.8) is 0 Å². The van der Waals surface area contributed by atoms with E-state index in [0.29, 0.717) is 23.5 Å². The van der Waals surface area contributed by atoms with Gasteiger partial charge in [-0.25, -0.2) is 4.39 Å². The van der Waals surface area contributed by atoms with Crippen molar-refractivity contribution in [1.82, 2.24) is 0 Å². The highest BCUT2D eigenvalue weighted by molar-refractivity contribution is 5.40. The van der Waals surface area contributed by atoms with Gasteiger partial charge in [0.25, 0.3) is 0 Å². The highest BCUT2D eigenvalue weighted by Crippen LogP contribution is 2.27. The Labute approximate surface area is 113 Å². The lowest BCUT2D eigenvalue weighted by Gasteiger charge is -2.15. The molecule has 19 heavy (non-hydrogen) atoms. The average Bonchev–Trinajstić information content (AvgIpc) is 2.40. The predicted octanol–water partition coefficient (Wildman–Crippen LogP) is 3.73. The molecule has 2 N–H and O–H groups in total. The second-order valence-electron chi connectivity index (χ2n) is 4.70. The van der Waals surface area contributed by atoms with Crippen LogP contribution in [-0.4, -0.2) is 0 Å². The number of nitrogens with two attached hydrogens (primary N) is 1. The molecule has 2 aromatic carbocycles. The van der Waals surface area contributed by atoms with E-state index in [4.69, 9.17) is 10.5 Å². The summed E-state index contributed by atoms with van der Waals surface area (Å²) in [7, 11) is 0. The third-order valence-electron chi connectivity index (χ3n) is 3.02. The van der Waals surface area contributed by atoms with Gasteiger partial charge in [0.05, 0.1) is 0 Å². The van der Waals surface area contributed by atoms with Crippen LogP contribution in [0.5, 0.6) is 5.75 Å². The van der Waals surface area contributed by atoms with Gasteiger partial charge in [0.1, 0.15) is 18.2 Å². The lowest BCUT2D eigenvalue weighted by molar-refractivity contribution is 0.300. The minimum atomic E-state index is -0.263. The van der Waals surface area contributed by atoms with Crippen molar-refractivity contribution in [2.45, 2.75) is 26.5 Å². The van der Waals surface area contributed by atoms with Crippen LogP contribution in [0.4, 0.5) is 4.39 Å². The molecule has 0 bridgehead atoms. The Hall–Kier alpha value is -1.87. The first-order valence-corrected chi connectivity index (χ1v) is 6.30. The Morgan fingerprint density at radius 2 is 1.89 bits per heavy atom. The Morgan fingerprint density at radius 3 is 2.53 bits per heavy atom. The van der Waals surface area contributed by atoms with Crippen molar-refractivity contribution in [1.29, 1.82) is 0 Å². The number of hydrogen-bond donors (Lipinski definition) is 1. The monoisotopic (exact) mass is 259 g/mol. The van der Waals surface area contributed by atoms with E-state index in [9.17, 15) is 4.39 Å². The molecular weight excluding hydrogens is 241 g/mol. The predicted molar refractivity (Wildman–Crippen MR) is 74.5 cm³/mol. The normalized spacial score (nSPS) is 12.2. The second-order valence-corrected chi connectivity index (χ2v) is 4.70. The maximum absolute atomic E-state index is 13.6. The molecule has 3 heteroatoms. The Balaban J connectivity index is 2.22. The van der Waals surface area contributed by atoms with Gasteiger partial charge in [-0.05, 0) is 37.1 Å². The largest absolute Gasteiger partial charge is 0.489 e. The topological polar surface area (TPSA) is 35.2 Å². The van der Waals surface area contributed by atoms with Gasteiger partial charge in [-0.3, -0.25) is 0 Å². The summed E-state index contributed by atoms with van der Waals surface area (Å²) in [4.78, 5) is 0. The molecule has 0 fully saturated rings. The zero-order valence-corrected chi connectivity index (χ0v) is 11.2. The number of aryl methyl sites for hydroxylation is 1. The molecule has 0 radical (unpaired) electrons. The molecule has 0 saturated carbocycles. The first-order valence-electron chi connectivity index (χ1n) is 6.30. The van der Waals surface area contributed by atoms with Crippen LogP contribution in [0.15, 0.2) is 42.5 Å². The summed E-state index contributed by atoms with van der Waals surface area (Å²) in [6.45, 7) is 3.99. The summed E-state index contributed by atoms with van der Waals surface area (Å²) >= 11 is 0. The van der Waals surface area contributed by atoms with Crippen LogP contribution in [-0.2, 0) is 6.61 Å². The van der Waals surface area contributed by atoms with Gasteiger partial charge >= 0.3 is 0 Å². The molecule has 0 aliphatic heterocycles. The van der Waals surface area contributed by atoms with E-state index in [1.54, 1.807) is 13.0 Å². The SMILES string of the molecule is Cc1cc(OCc2ccccc2)c([C@@H](C)N)cc1F. The zero-order chi connectivity index (χ0) is 13.8. The van der Waals surface area contributed by atoms with E-state index >= 15 is 0 Å². The molecule has 0 unspecified atom stereocenters. The summed E-state index contributed by atoms with van der Waals surface area (Å²) < 4.78 is 19.3. The standard InChI is InChI=1S/C16H18FNO/c1-11-8-16(14(12(2)18)9-15(11)17)19-10-13-6-4-3-5-7-13/h3-9,12H,10,18H2,1-2H3/t12-/m1/s1. The average molecular weight is 259 g/mol. The van der Waals surface area contributed by atoms with E-state index in [1.165, 1.54) is 6.07 Å². The molecule has 2 aromatic rings. The summed E-state index contributed by atoms with van der Waals surface area (Å²) in [5.74, 6) is 0.400. The Kier molecular flexibility index (Phi) is 4.17. The van der Waals surface area contributed by atoms with E-state index in [2.05, 4.69) is 0 Å². The van der Waals surface area contributed by atoms with Crippen molar-refractivity contribution >= 4 is 0 Å². The van der Waals surface area contributed by atoms with Crippen molar-refractivity contribution in [2.24, 2.45) is 5.73 Å². The van der Waals surface area contributed by atoms with Crippen LogP contribution in [0.1, 0.15) is 29.7 Å². The number of rotatable bonds is 4. The van der Waals surface area contributed by atoms with Gasteiger partial charge < -0.3 is 10.5 Å². The van der Waals surface area contributed by atoms with Crippen LogP contribution in [0.2, 0.25) is 0 Å². The third-order valence-corrected chi connectivity index (χ3v) is 3.02. The van der Waals surface area contributed by atoms with E-state index < -0.39 is 0 Å². The van der Waals surface area contributed by atoms with Gasteiger partial charge in [-0.1, -0.05) is 30.3 Å². The van der Waals surface area contributed by atoms with Crippen LogP contribution in [0.25, 0.3) is 0 Å². The summed E-state index contributed by atoms with van der Waals surface area (Å²) in [5.41, 5.74) is 8.18. The molecule has 1 atom stereocenters. The number of halogens is 1. The zero-order valence-electron chi connectivity index (χ0n) is 11.2. The molecule has 0 saturated heterocycles. The van der Waals surface area contributed by atoms with E-state index in [0.717, 1.165) is 5.56 Å². The summed E-state index contributed by atoms with van der Waals surface area (Å²) in [6.07, 6.45) is 0. The van der Waals surface area contributed by atoms with E-state index in [-0.39, 0.29) is 11.9 Å². The molecule has 2 rings (SSSR count). The minimum absolute atomic E-state index is 0.251. The maximum Gasteiger partial charge on any atom is 0.126 e. The fourth-order valence-electron chi connectivity index (χ4n) is 1.89. The Morgan fingerprint density at radius 1 is 1.21 bits per heavy atom. The fraction of sp³-hybridized carbons (Fsp3) is 0.250. The lowest BCUT2D eigenvalue weighted by atomic mass is 10.1. The molecule has 0 spiro atoms. The highest BCUT2D eigenvalue weighted by atomic mass is 19.1. The molecule has 2 nitrogen and oxygen atoms in total. The molecule has 100 valence electrons. The summed E-state index contributed by atoms with van der Waals surface area (Å²) in [6, 6.07) is 12.8. The van der Waals surface area contributed by atoms with Crippen molar-refractivity contribution in [3.05, 3.63) is 65.0 Å². The van der Waals surface area contributed by atoms with Crippen LogP contribution < -0.4 is 10.5 Å². The van der Waals surface area contributed by atoms with E-state index in [1.807, 2.05) is 37.3 Å². The maximum atomic E-state index is 13.6. The van der Waals surface area contributed by atoms with Crippen LogP contribution in [0.3, 0.4) is 0 Å². The molecule has 0 aliphatic rings. The van der Waals surface area contributed by atoms with Crippen LogP contribution >= 0.6 is 0 Å². The fourth-order valence-corrected chi connectivity index (χ4v) is 1.89.